The Morgan fingerprint density at radius 1 is 0.509 bits per heavy atom. The molecule has 15 heteroatoms. The van der Waals surface area contributed by atoms with Gasteiger partial charge in [0, 0.05) is 12.8 Å². The molecular weight excluding hydrogens is 750 g/mol. The van der Waals surface area contributed by atoms with Gasteiger partial charge in [0.1, 0.15) is 12.7 Å². The summed E-state index contributed by atoms with van der Waals surface area (Å²) in [7, 11) is -9.66. The molecule has 0 aromatic rings. The lowest BCUT2D eigenvalue weighted by atomic mass is 10.0. The van der Waals surface area contributed by atoms with Crippen LogP contribution in [0.3, 0.4) is 0 Å². The summed E-state index contributed by atoms with van der Waals surface area (Å²) in [5, 5.41) is 9.73. The number of hydrogen-bond acceptors (Lipinski definition) is 10. The average molecular weight is 829 g/mol. The summed E-state index contributed by atoms with van der Waals surface area (Å²) in [6.07, 6.45) is 32.0. The molecule has 0 heterocycles. The van der Waals surface area contributed by atoms with Crippen LogP contribution in [-0.4, -0.2) is 70.4 Å². The summed E-state index contributed by atoms with van der Waals surface area (Å²) in [5.41, 5.74) is 0. The molecule has 0 radical (unpaired) electrons. The highest BCUT2D eigenvalue weighted by atomic mass is 31.2. The molecule has 0 rings (SSSR count). The molecule has 0 amide bonds. The minimum Gasteiger partial charge on any atom is -0.462 e. The first-order chi connectivity index (χ1) is 26.4. The van der Waals surface area contributed by atoms with Crippen LogP contribution in [-0.2, 0) is 41.8 Å². The van der Waals surface area contributed by atoms with Crippen LogP contribution in [0.25, 0.3) is 0 Å². The van der Waals surface area contributed by atoms with Gasteiger partial charge in [-0.25, -0.2) is 9.13 Å². The van der Waals surface area contributed by atoms with Crippen LogP contribution in [0.5, 0.6) is 0 Å². The van der Waals surface area contributed by atoms with Crippen molar-refractivity contribution in [2.75, 3.05) is 26.4 Å². The maximum Gasteiger partial charge on any atom is 0.472 e. The van der Waals surface area contributed by atoms with Gasteiger partial charge in [-0.2, -0.15) is 0 Å². The first-order valence-electron chi connectivity index (χ1n) is 21.4. The second-order valence-electron chi connectivity index (χ2n) is 14.6. The van der Waals surface area contributed by atoms with Gasteiger partial charge in [-0.15, -0.1) is 0 Å². The van der Waals surface area contributed by atoms with E-state index in [0.717, 1.165) is 57.8 Å². The Labute approximate surface area is 332 Å². The zero-order valence-electron chi connectivity index (χ0n) is 34.3. The van der Waals surface area contributed by atoms with Crippen molar-refractivity contribution in [2.45, 2.75) is 206 Å². The zero-order chi connectivity index (χ0) is 40.9. The minimum atomic E-state index is -4.86. The van der Waals surface area contributed by atoms with Gasteiger partial charge in [0.2, 0.25) is 0 Å². The molecule has 0 fully saturated rings. The predicted octanol–water partition coefficient (Wildman–Crippen LogP) is 10.6. The molecule has 0 aromatic heterocycles. The van der Waals surface area contributed by atoms with Crippen molar-refractivity contribution in [3.05, 3.63) is 12.2 Å². The zero-order valence-corrected chi connectivity index (χ0v) is 36.1. The van der Waals surface area contributed by atoms with E-state index in [1.54, 1.807) is 0 Å². The summed E-state index contributed by atoms with van der Waals surface area (Å²) in [4.78, 5) is 52.6. The molecule has 0 saturated heterocycles. The van der Waals surface area contributed by atoms with Crippen LogP contribution in [0, 0.1) is 0 Å². The Bertz CT molecular complexity index is 1040. The van der Waals surface area contributed by atoms with E-state index >= 15 is 0 Å². The molecule has 3 atom stereocenters. The first kappa shape index (κ1) is 53.9. The molecule has 13 nitrogen and oxygen atoms in total. The normalized spacial score (nSPS) is 14.2. The van der Waals surface area contributed by atoms with E-state index in [1.165, 1.54) is 96.3 Å². The molecule has 0 aromatic carbocycles. The Kier molecular flexibility index (Phi) is 36.4. The highest BCUT2D eigenvalue weighted by Crippen LogP contribution is 2.43. The molecule has 0 aliphatic rings. The topological polar surface area (TPSA) is 195 Å². The molecule has 0 aliphatic carbocycles. The van der Waals surface area contributed by atoms with E-state index in [0.29, 0.717) is 12.8 Å². The summed E-state index contributed by atoms with van der Waals surface area (Å²) in [6, 6.07) is 0. The van der Waals surface area contributed by atoms with Crippen LogP contribution < -0.4 is 0 Å². The molecule has 4 N–H and O–H groups in total. The standard InChI is InChI=1S/C40H78O13P2/c1-3-5-7-9-11-13-15-17-18-20-22-24-26-28-30-32-40(43)53-38(36-52-55(47,48)51-34-37(41)33-50-54(44,45)46)35-49-39(42)31-29-27-25-23-21-19-16-14-12-10-8-6-4-2/h17-18,37-38,41H,3-16,19-36H2,1-2H3,(H,47,48)(H2,44,45,46)/b18-17-/t37?,38-/m1/s1. The smallest absolute Gasteiger partial charge is 0.462 e. The quantitative estimate of drug-likeness (QED) is 0.0197. The molecule has 0 spiro atoms. The number of unbranched alkanes of at least 4 members (excludes halogenated alkanes) is 23. The number of ether oxygens (including phenoxy) is 2. The molecule has 2 unspecified atom stereocenters. The van der Waals surface area contributed by atoms with Gasteiger partial charge in [0.05, 0.1) is 19.8 Å². The van der Waals surface area contributed by atoms with Gasteiger partial charge in [-0.1, -0.05) is 154 Å². The number of aliphatic hydroxyl groups is 1. The minimum absolute atomic E-state index is 0.126. The molecule has 326 valence electrons. The summed E-state index contributed by atoms with van der Waals surface area (Å²) in [6.45, 7) is 1.76. The molecule has 0 saturated carbocycles. The van der Waals surface area contributed by atoms with Crippen molar-refractivity contribution in [1.82, 2.24) is 0 Å². The predicted molar refractivity (Wildman–Crippen MR) is 216 cm³/mol. The van der Waals surface area contributed by atoms with E-state index < -0.39 is 59.6 Å². The van der Waals surface area contributed by atoms with Gasteiger partial charge in [-0.05, 0) is 38.5 Å². The van der Waals surface area contributed by atoms with E-state index in [9.17, 15) is 28.7 Å². The third-order valence-corrected chi connectivity index (χ3v) is 10.6. The van der Waals surface area contributed by atoms with Gasteiger partial charge >= 0.3 is 27.6 Å². The average Bonchev–Trinajstić information content (AvgIpc) is 3.14. The largest absolute Gasteiger partial charge is 0.472 e. The highest BCUT2D eigenvalue weighted by Gasteiger charge is 2.28. The van der Waals surface area contributed by atoms with Gasteiger partial charge in [0.25, 0.3) is 0 Å². The van der Waals surface area contributed by atoms with E-state index in [4.69, 9.17) is 23.8 Å². The van der Waals surface area contributed by atoms with Gasteiger partial charge in [0.15, 0.2) is 6.10 Å². The number of phosphoric acid groups is 2. The Morgan fingerprint density at radius 3 is 1.35 bits per heavy atom. The van der Waals surface area contributed by atoms with Crippen LogP contribution in [0.1, 0.15) is 194 Å². The van der Waals surface area contributed by atoms with Crippen LogP contribution in [0.2, 0.25) is 0 Å². The molecule has 0 bridgehead atoms. The number of allylic oxidation sites excluding steroid dienone is 2. The third-order valence-electron chi connectivity index (χ3n) is 9.14. The second kappa shape index (κ2) is 37.2. The lowest BCUT2D eigenvalue weighted by Gasteiger charge is -2.20. The molecular formula is C40H78O13P2. The van der Waals surface area contributed by atoms with Crippen molar-refractivity contribution in [1.29, 1.82) is 0 Å². The number of phosphoric ester groups is 2. The van der Waals surface area contributed by atoms with Crippen LogP contribution >= 0.6 is 15.6 Å². The fourth-order valence-corrected chi connectivity index (χ4v) is 7.03. The summed E-state index contributed by atoms with van der Waals surface area (Å²) >= 11 is 0. The van der Waals surface area contributed by atoms with Crippen molar-refractivity contribution >= 4 is 27.6 Å². The van der Waals surface area contributed by atoms with Crippen molar-refractivity contribution < 1.29 is 61.6 Å². The van der Waals surface area contributed by atoms with Crippen molar-refractivity contribution in [2.24, 2.45) is 0 Å². The fraction of sp³-hybridized carbons (Fsp3) is 0.900. The summed E-state index contributed by atoms with van der Waals surface area (Å²) < 4.78 is 47.7. The number of hydrogen-bond donors (Lipinski definition) is 4. The van der Waals surface area contributed by atoms with Crippen LogP contribution in [0.4, 0.5) is 0 Å². The number of rotatable bonds is 41. The Hall–Kier alpha value is -1.14. The summed E-state index contributed by atoms with van der Waals surface area (Å²) in [5.74, 6) is -1.03. The Balaban J connectivity index is 4.52. The molecule has 55 heavy (non-hydrogen) atoms. The van der Waals surface area contributed by atoms with Crippen molar-refractivity contribution in [3.63, 3.8) is 0 Å². The van der Waals surface area contributed by atoms with E-state index in [2.05, 4.69) is 35.0 Å². The van der Waals surface area contributed by atoms with Gasteiger partial charge < -0.3 is 29.3 Å². The Morgan fingerprint density at radius 2 is 0.891 bits per heavy atom. The van der Waals surface area contributed by atoms with E-state index in [-0.39, 0.29) is 19.4 Å². The number of carbonyl (C=O) groups is 2. The maximum atomic E-state index is 12.6. The second-order valence-corrected chi connectivity index (χ2v) is 17.3. The lowest BCUT2D eigenvalue weighted by Crippen LogP contribution is -2.30. The van der Waals surface area contributed by atoms with E-state index in [1.807, 2.05) is 0 Å². The van der Waals surface area contributed by atoms with Crippen molar-refractivity contribution in [3.8, 4) is 0 Å². The third kappa shape index (κ3) is 40.8. The SMILES string of the molecule is CCCCCCCC/C=C\CCCCCCCC(=O)O[C@H](COC(=O)CCCCCCCCCCCCCCC)COP(=O)(O)OCC(O)COP(=O)(O)O. The highest BCUT2D eigenvalue weighted by molar-refractivity contribution is 7.47. The first-order valence-corrected chi connectivity index (χ1v) is 24.4. The monoisotopic (exact) mass is 828 g/mol. The van der Waals surface area contributed by atoms with Crippen LogP contribution in [0.15, 0.2) is 12.2 Å². The number of carbonyl (C=O) groups excluding carboxylic acids is 2. The fourth-order valence-electron chi connectivity index (χ4n) is 5.87. The molecule has 0 aliphatic heterocycles. The lowest BCUT2D eigenvalue weighted by molar-refractivity contribution is -0.161. The number of esters is 2. The maximum absolute atomic E-state index is 12.6. The number of aliphatic hydroxyl groups excluding tert-OH is 1. The van der Waals surface area contributed by atoms with Gasteiger partial charge in [-0.3, -0.25) is 23.2 Å².